The first kappa shape index (κ1) is 39.9. The third-order valence-electron chi connectivity index (χ3n) is 6.75. The molecule has 0 aliphatic carbocycles. The molecule has 238 valence electrons. The molecule has 0 spiro atoms. The van der Waals surface area contributed by atoms with E-state index >= 15 is 0 Å². The summed E-state index contributed by atoms with van der Waals surface area (Å²) >= 11 is 0. The summed E-state index contributed by atoms with van der Waals surface area (Å²) in [6.45, 7) is 10.9. The van der Waals surface area contributed by atoms with Gasteiger partial charge in [0.05, 0.1) is 11.7 Å². The smallest absolute Gasteiger partial charge is 0.0602 e. The zero-order chi connectivity index (χ0) is 30.8. The fourth-order valence-corrected chi connectivity index (χ4v) is 4.58. The molecule has 0 radical (unpaired) electrons. The Balaban J connectivity index is 3.91. The molecular formula is C41H68O. The highest BCUT2D eigenvalue weighted by Gasteiger charge is 2.18. The summed E-state index contributed by atoms with van der Waals surface area (Å²) in [6, 6.07) is 0. The van der Waals surface area contributed by atoms with Crippen LogP contribution in [0.25, 0.3) is 0 Å². The van der Waals surface area contributed by atoms with Gasteiger partial charge in [-0.3, -0.25) is 0 Å². The molecule has 0 unspecified atom stereocenters. The predicted molar refractivity (Wildman–Crippen MR) is 192 cm³/mol. The molecule has 0 saturated carbocycles. The van der Waals surface area contributed by atoms with E-state index in [1.165, 1.54) is 64.2 Å². The third kappa shape index (κ3) is 34.1. The van der Waals surface area contributed by atoms with Gasteiger partial charge in [-0.2, -0.15) is 0 Å². The second kappa shape index (κ2) is 31.8. The van der Waals surface area contributed by atoms with Gasteiger partial charge in [0.15, 0.2) is 0 Å². The van der Waals surface area contributed by atoms with Crippen molar-refractivity contribution in [3.63, 3.8) is 0 Å². The van der Waals surface area contributed by atoms with Gasteiger partial charge >= 0.3 is 0 Å². The minimum Gasteiger partial charge on any atom is -0.373 e. The van der Waals surface area contributed by atoms with E-state index in [0.29, 0.717) is 6.10 Å². The second-order valence-electron chi connectivity index (χ2n) is 12.1. The van der Waals surface area contributed by atoms with Crippen LogP contribution in [-0.4, -0.2) is 11.7 Å². The van der Waals surface area contributed by atoms with Crippen molar-refractivity contribution >= 4 is 0 Å². The molecule has 42 heavy (non-hydrogen) atoms. The lowest BCUT2D eigenvalue weighted by Gasteiger charge is -2.28. The van der Waals surface area contributed by atoms with Crippen molar-refractivity contribution in [1.29, 1.82) is 0 Å². The molecule has 0 bridgehead atoms. The molecule has 0 aromatic heterocycles. The molecule has 0 fully saturated rings. The number of allylic oxidation sites excluding steroid dienone is 16. The van der Waals surface area contributed by atoms with E-state index in [9.17, 15) is 0 Å². The van der Waals surface area contributed by atoms with Crippen LogP contribution >= 0.6 is 0 Å². The lowest BCUT2D eigenvalue weighted by Crippen LogP contribution is -2.27. The maximum atomic E-state index is 6.43. The Labute approximate surface area is 263 Å². The summed E-state index contributed by atoms with van der Waals surface area (Å²) in [5.41, 5.74) is -0.0546. The molecule has 0 aromatic rings. The Morgan fingerprint density at radius 2 is 0.714 bits per heavy atom. The number of unbranched alkanes of at least 4 members (excludes halogenated alkanes) is 6. The number of rotatable bonds is 27. The molecule has 0 rings (SSSR count). The molecule has 0 atom stereocenters. The van der Waals surface area contributed by atoms with Crippen LogP contribution in [0.2, 0.25) is 0 Å². The molecule has 0 amide bonds. The number of hydrogen-bond donors (Lipinski definition) is 0. The van der Waals surface area contributed by atoms with E-state index in [-0.39, 0.29) is 5.60 Å². The van der Waals surface area contributed by atoms with E-state index < -0.39 is 0 Å². The van der Waals surface area contributed by atoms with Crippen molar-refractivity contribution in [2.75, 3.05) is 0 Å². The Kier molecular flexibility index (Phi) is 30.2. The summed E-state index contributed by atoms with van der Waals surface area (Å²) < 4.78 is 6.43. The van der Waals surface area contributed by atoms with E-state index in [1.54, 1.807) is 0 Å². The minimum atomic E-state index is -0.0546. The van der Waals surface area contributed by atoms with Crippen molar-refractivity contribution in [3.8, 4) is 0 Å². The van der Waals surface area contributed by atoms with Crippen molar-refractivity contribution < 1.29 is 4.74 Å². The van der Waals surface area contributed by atoms with Gasteiger partial charge in [0, 0.05) is 0 Å². The van der Waals surface area contributed by atoms with Gasteiger partial charge in [-0.1, -0.05) is 137 Å². The fourth-order valence-electron chi connectivity index (χ4n) is 4.58. The average Bonchev–Trinajstić information content (AvgIpc) is 2.95. The minimum absolute atomic E-state index is 0.0546. The van der Waals surface area contributed by atoms with Gasteiger partial charge < -0.3 is 4.74 Å². The van der Waals surface area contributed by atoms with Gasteiger partial charge in [0.25, 0.3) is 0 Å². The summed E-state index contributed by atoms with van der Waals surface area (Å²) in [5, 5.41) is 0. The van der Waals surface area contributed by atoms with Gasteiger partial charge in [-0.05, 0) is 111 Å². The molecule has 1 heteroatoms. The third-order valence-corrected chi connectivity index (χ3v) is 6.75. The summed E-state index contributed by atoms with van der Waals surface area (Å²) in [4.78, 5) is 0. The first-order valence-electron chi connectivity index (χ1n) is 17.4. The Morgan fingerprint density at radius 1 is 0.405 bits per heavy atom. The van der Waals surface area contributed by atoms with Crippen molar-refractivity contribution in [3.05, 3.63) is 97.2 Å². The molecule has 0 aliphatic rings. The Hall–Kier alpha value is -2.12. The Morgan fingerprint density at radius 3 is 1.02 bits per heavy atom. The zero-order valence-corrected chi connectivity index (χ0v) is 28.5. The molecular weight excluding hydrogens is 508 g/mol. The highest BCUT2D eigenvalue weighted by atomic mass is 16.5. The molecule has 0 heterocycles. The summed E-state index contributed by atoms with van der Waals surface area (Å²) in [6.07, 6.45) is 57.8. The number of hydrogen-bond acceptors (Lipinski definition) is 1. The van der Waals surface area contributed by atoms with E-state index in [0.717, 1.165) is 51.4 Å². The van der Waals surface area contributed by atoms with Crippen molar-refractivity contribution in [1.82, 2.24) is 0 Å². The first-order valence-corrected chi connectivity index (χ1v) is 17.4. The largest absolute Gasteiger partial charge is 0.373 e. The SMILES string of the molecule is CC/C=C\C/C=C\C/C=C\C/C=C\CCCCCC(CCCCC/C=C\C/C=C\C/C=C\C/C=C\CC)OC(C)(C)C. The van der Waals surface area contributed by atoms with Crippen molar-refractivity contribution in [2.45, 2.75) is 162 Å². The van der Waals surface area contributed by atoms with Crippen LogP contribution in [-0.2, 0) is 4.74 Å². The van der Waals surface area contributed by atoms with Crippen LogP contribution in [0.15, 0.2) is 97.2 Å². The molecule has 0 N–H and O–H groups in total. The second-order valence-corrected chi connectivity index (χ2v) is 12.1. The van der Waals surface area contributed by atoms with Crippen LogP contribution in [0.5, 0.6) is 0 Å². The lowest BCUT2D eigenvalue weighted by molar-refractivity contribution is -0.0677. The van der Waals surface area contributed by atoms with E-state index in [1.807, 2.05) is 0 Å². The summed E-state index contributed by atoms with van der Waals surface area (Å²) in [5.74, 6) is 0. The van der Waals surface area contributed by atoms with Crippen LogP contribution in [0.1, 0.15) is 150 Å². The topological polar surface area (TPSA) is 9.23 Å². The molecule has 0 aromatic carbocycles. The van der Waals surface area contributed by atoms with Gasteiger partial charge in [0.2, 0.25) is 0 Å². The standard InChI is InChI=1S/C41H68O/c1-6-8-10-12-14-16-18-20-22-24-26-28-30-32-34-36-38-40(42-41(3,4)5)39-37-35-33-31-29-27-25-23-21-19-17-15-13-11-9-7-2/h8-11,14-17,20-23,26-29,40H,6-7,12-13,18-19,24-25,30-39H2,1-5H3/b10-8-,11-9-,16-14-,17-15-,22-20-,23-21-,28-26-,29-27-. The fraction of sp³-hybridized carbons (Fsp3) is 0.610. The Bertz CT molecular complexity index is 733. The van der Waals surface area contributed by atoms with Gasteiger partial charge in [0.1, 0.15) is 0 Å². The van der Waals surface area contributed by atoms with Crippen LogP contribution in [0.4, 0.5) is 0 Å². The lowest BCUT2D eigenvalue weighted by atomic mass is 10.0. The van der Waals surface area contributed by atoms with E-state index in [2.05, 4.69) is 132 Å². The normalized spacial score (nSPS) is 13.7. The van der Waals surface area contributed by atoms with E-state index in [4.69, 9.17) is 4.74 Å². The maximum Gasteiger partial charge on any atom is 0.0602 e. The average molecular weight is 577 g/mol. The highest BCUT2D eigenvalue weighted by molar-refractivity contribution is 5.00. The van der Waals surface area contributed by atoms with Crippen LogP contribution in [0, 0.1) is 0 Å². The zero-order valence-electron chi connectivity index (χ0n) is 28.5. The summed E-state index contributed by atoms with van der Waals surface area (Å²) in [7, 11) is 0. The molecule has 0 aliphatic heterocycles. The van der Waals surface area contributed by atoms with Gasteiger partial charge in [-0.15, -0.1) is 0 Å². The monoisotopic (exact) mass is 577 g/mol. The van der Waals surface area contributed by atoms with Crippen LogP contribution in [0.3, 0.4) is 0 Å². The highest BCUT2D eigenvalue weighted by Crippen LogP contribution is 2.21. The number of ether oxygens (including phenoxy) is 1. The molecule has 0 saturated heterocycles. The first-order chi connectivity index (χ1) is 20.5. The van der Waals surface area contributed by atoms with Crippen molar-refractivity contribution in [2.24, 2.45) is 0 Å². The quantitative estimate of drug-likeness (QED) is 0.0698. The van der Waals surface area contributed by atoms with Crippen LogP contribution < -0.4 is 0 Å². The maximum absolute atomic E-state index is 6.43. The molecule has 1 nitrogen and oxygen atoms in total. The predicted octanol–water partition coefficient (Wildman–Crippen LogP) is 13.7. The van der Waals surface area contributed by atoms with Gasteiger partial charge in [-0.25, -0.2) is 0 Å².